The van der Waals surface area contributed by atoms with Crippen LogP contribution in [0.25, 0.3) is 4.96 Å². The zero-order chi connectivity index (χ0) is 12.3. The molecular formula is C11H16N4OS. The molecule has 0 fully saturated rings. The molecule has 92 valence electrons. The lowest BCUT2D eigenvalue weighted by Crippen LogP contribution is -2.33. The number of amides is 1. The Labute approximate surface area is 104 Å². The molecule has 1 N–H and O–H groups in total. The second-order valence-electron chi connectivity index (χ2n) is 3.92. The number of aromatic nitrogens is 2. The average molecular weight is 252 g/mol. The predicted molar refractivity (Wildman–Crippen MR) is 68.3 cm³/mol. The van der Waals surface area contributed by atoms with Crippen LogP contribution in [0.5, 0.6) is 0 Å². The minimum atomic E-state index is 0.103. The van der Waals surface area contributed by atoms with Crippen molar-refractivity contribution >= 4 is 22.2 Å². The molecule has 2 aromatic heterocycles. The first-order valence-corrected chi connectivity index (χ1v) is 6.38. The largest absolute Gasteiger partial charge is 0.344 e. The Morgan fingerprint density at radius 2 is 2.47 bits per heavy atom. The Kier molecular flexibility index (Phi) is 3.75. The van der Waals surface area contributed by atoms with Gasteiger partial charge >= 0.3 is 0 Å². The van der Waals surface area contributed by atoms with Gasteiger partial charge in [-0.25, -0.2) is 4.98 Å². The van der Waals surface area contributed by atoms with Gasteiger partial charge in [0.15, 0.2) is 4.96 Å². The topological polar surface area (TPSA) is 49.6 Å². The number of thiazole rings is 1. The van der Waals surface area contributed by atoms with E-state index >= 15 is 0 Å². The number of imidazole rings is 1. The van der Waals surface area contributed by atoms with Crippen molar-refractivity contribution in [3.05, 3.63) is 23.5 Å². The van der Waals surface area contributed by atoms with E-state index in [-0.39, 0.29) is 5.91 Å². The Morgan fingerprint density at radius 3 is 3.18 bits per heavy atom. The Bertz CT molecular complexity index is 476. The summed E-state index contributed by atoms with van der Waals surface area (Å²) in [5, 5.41) is 5.00. The lowest BCUT2D eigenvalue weighted by Gasteiger charge is -2.15. The molecule has 2 heterocycles. The molecule has 0 aliphatic heterocycles. The molecule has 0 bridgehead atoms. The fraction of sp³-hybridized carbons (Fsp3) is 0.455. The number of nitrogens with one attached hydrogen (secondary N) is 1. The number of rotatable bonds is 5. The van der Waals surface area contributed by atoms with Gasteiger partial charge in [0.05, 0.1) is 12.1 Å². The molecule has 0 saturated carbocycles. The molecule has 2 rings (SSSR count). The molecule has 0 aliphatic rings. The van der Waals surface area contributed by atoms with Gasteiger partial charge in [0.1, 0.15) is 0 Å². The van der Waals surface area contributed by atoms with E-state index in [1.54, 1.807) is 16.2 Å². The number of carbonyl (C=O) groups excluding carboxylic acids is 1. The van der Waals surface area contributed by atoms with Crippen LogP contribution in [0.15, 0.2) is 17.8 Å². The highest BCUT2D eigenvalue weighted by Crippen LogP contribution is 2.12. The third-order valence-corrected chi connectivity index (χ3v) is 3.37. The van der Waals surface area contributed by atoms with Crippen LogP contribution in [0.3, 0.4) is 0 Å². The molecule has 0 radical (unpaired) electrons. The summed E-state index contributed by atoms with van der Waals surface area (Å²) >= 11 is 1.57. The van der Waals surface area contributed by atoms with Gasteiger partial charge in [-0.1, -0.05) is 0 Å². The molecule has 0 saturated heterocycles. The summed E-state index contributed by atoms with van der Waals surface area (Å²) in [6.07, 6.45) is 4.23. The van der Waals surface area contributed by atoms with Crippen LogP contribution < -0.4 is 5.32 Å². The number of hydrogen-bond acceptors (Lipinski definition) is 4. The van der Waals surface area contributed by atoms with Crippen molar-refractivity contribution in [2.75, 3.05) is 27.2 Å². The first-order valence-electron chi connectivity index (χ1n) is 5.50. The van der Waals surface area contributed by atoms with E-state index in [4.69, 9.17) is 0 Å². The lowest BCUT2D eigenvalue weighted by atomic mass is 10.3. The zero-order valence-corrected chi connectivity index (χ0v) is 10.8. The Hall–Kier alpha value is -1.40. The van der Waals surface area contributed by atoms with Crippen LogP contribution in [-0.4, -0.2) is 47.4 Å². The van der Waals surface area contributed by atoms with Crippen molar-refractivity contribution in [2.24, 2.45) is 0 Å². The average Bonchev–Trinajstić information content (AvgIpc) is 2.86. The van der Waals surface area contributed by atoms with Crippen molar-refractivity contribution < 1.29 is 4.79 Å². The highest BCUT2D eigenvalue weighted by molar-refractivity contribution is 7.15. The molecular weight excluding hydrogens is 236 g/mol. The van der Waals surface area contributed by atoms with Gasteiger partial charge in [-0.05, 0) is 7.05 Å². The SMILES string of the molecule is CNCCN(C)C(=O)Cc1cn2ccsc2n1. The zero-order valence-electron chi connectivity index (χ0n) is 10.0. The molecule has 17 heavy (non-hydrogen) atoms. The van der Waals surface area contributed by atoms with Gasteiger partial charge in [-0.2, -0.15) is 0 Å². The van der Waals surface area contributed by atoms with Crippen LogP contribution >= 0.6 is 11.3 Å². The Morgan fingerprint density at radius 1 is 1.65 bits per heavy atom. The van der Waals surface area contributed by atoms with Gasteiger partial charge in [0.2, 0.25) is 5.91 Å². The van der Waals surface area contributed by atoms with E-state index in [2.05, 4.69) is 10.3 Å². The molecule has 0 unspecified atom stereocenters. The molecule has 0 aliphatic carbocycles. The lowest BCUT2D eigenvalue weighted by molar-refractivity contribution is -0.129. The summed E-state index contributed by atoms with van der Waals surface area (Å²) in [5.74, 6) is 0.103. The van der Waals surface area contributed by atoms with Gasteiger partial charge < -0.3 is 10.2 Å². The molecule has 2 aromatic rings. The smallest absolute Gasteiger partial charge is 0.228 e. The maximum Gasteiger partial charge on any atom is 0.228 e. The minimum Gasteiger partial charge on any atom is -0.344 e. The van der Waals surface area contributed by atoms with E-state index in [1.165, 1.54) is 0 Å². The second-order valence-corrected chi connectivity index (χ2v) is 4.79. The van der Waals surface area contributed by atoms with Crippen LogP contribution in [0.4, 0.5) is 0 Å². The molecule has 0 aromatic carbocycles. The third-order valence-electron chi connectivity index (χ3n) is 2.60. The monoisotopic (exact) mass is 252 g/mol. The first kappa shape index (κ1) is 12.1. The fourth-order valence-electron chi connectivity index (χ4n) is 1.56. The number of likely N-dealkylation sites (N-methyl/N-ethyl adjacent to an activating group) is 2. The molecule has 0 atom stereocenters. The van der Waals surface area contributed by atoms with Crippen LogP contribution in [0.1, 0.15) is 5.69 Å². The predicted octanol–water partition coefficient (Wildman–Crippen LogP) is 0.616. The number of fused-ring (bicyclic) bond motifs is 1. The summed E-state index contributed by atoms with van der Waals surface area (Å²) in [5.41, 5.74) is 0.832. The van der Waals surface area contributed by atoms with E-state index in [1.807, 2.05) is 36.3 Å². The van der Waals surface area contributed by atoms with Crippen molar-refractivity contribution in [3.8, 4) is 0 Å². The van der Waals surface area contributed by atoms with E-state index in [0.29, 0.717) is 6.42 Å². The highest BCUT2D eigenvalue weighted by Gasteiger charge is 2.11. The van der Waals surface area contributed by atoms with Crippen LogP contribution in [0, 0.1) is 0 Å². The van der Waals surface area contributed by atoms with Crippen molar-refractivity contribution in [1.29, 1.82) is 0 Å². The molecule has 6 heteroatoms. The van der Waals surface area contributed by atoms with Crippen molar-refractivity contribution in [1.82, 2.24) is 19.6 Å². The number of nitrogens with zero attached hydrogens (tertiary/aromatic N) is 3. The quantitative estimate of drug-likeness (QED) is 0.848. The standard InChI is InChI=1S/C11H16N4OS/c1-12-3-4-14(2)10(16)7-9-8-15-5-6-17-11(15)13-9/h5-6,8,12H,3-4,7H2,1-2H3. The van der Waals surface area contributed by atoms with Gasteiger partial charge in [0.25, 0.3) is 0 Å². The van der Waals surface area contributed by atoms with Gasteiger partial charge in [-0.15, -0.1) is 11.3 Å². The number of hydrogen-bond donors (Lipinski definition) is 1. The molecule has 5 nitrogen and oxygen atoms in total. The fourth-order valence-corrected chi connectivity index (χ4v) is 2.27. The van der Waals surface area contributed by atoms with Gasteiger partial charge in [0, 0.05) is 37.9 Å². The third kappa shape index (κ3) is 2.83. The summed E-state index contributed by atoms with van der Waals surface area (Å²) in [4.78, 5) is 18.9. The van der Waals surface area contributed by atoms with Crippen molar-refractivity contribution in [3.63, 3.8) is 0 Å². The summed E-state index contributed by atoms with van der Waals surface area (Å²) in [6, 6.07) is 0. The van der Waals surface area contributed by atoms with E-state index < -0.39 is 0 Å². The maximum atomic E-state index is 11.9. The first-order chi connectivity index (χ1) is 8.20. The van der Waals surface area contributed by atoms with E-state index in [0.717, 1.165) is 23.7 Å². The van der Waals surface area contributed by atoms with Gasteiger partial charge in [-0.3, -0.25) is 9.20 Å². The summed E-state index contributed by atoms with van der Waals surface area (Å²) in [7, 11) is 3.69. The number of carbonyl (C=O) groups is 1. The second kappa shape index (κ2) is 5.29. The normalized spacial score (nSPS) is 10.9. The van der Waals surface area contributed by atoms with Crippen LogP contribution in [0.2, 0.25) is 0 Å². The highest BCUT2D eigenvalue weighted by atomic mass is 32.1. The van der Waals surface area contributed by atoms with Crippen LogP contribution in [-0.2, 0) is 11.2 Å². The summed E-state index contributed by atoms with van der Waals surface area (Å²) in [6.45, 7) is 1.53. The van der Waals surface area contributed by atoms with E-state index in [9.17, 15) is 4.79 Å². The minimum absolute atomic E-state index is 0.103. The maximum absolute atomic E-state index is 11.9. The molecule has 1 amide bonds. The Balaban J connectivity index is 1.96. The molecule has 0 spiro atoms. The summed E-state index contributed by atoms with van der Waals surface area (Å²) < 4.78 is 1.95. The van der Waals surface area contributed by atoms with Crippen molar-refractivity contribution in [2.45, 2.75) is 6.42 Å².